The maximum atomic E-state index is 5.76. The zero-order chi connectivity index (χ0) is 14.0. The van der Waals surface area contributed by atoms with Gasteiger partial charge in [0.05, 0.1) is 11.0 Å². The molecule has 2 rings (SSSR count). The second-order valence-electron chi connectivity index (χ2n) is 6.03. The first-order chi connectivity index (χ1) is 8.89. The Morgan fingerprint density at radius 2 is 1.89 bits per heavy atom. The SMILES string of the molecule is C[Si](C)OCCc1nc2ccccc2n1C(C)(C)C. The molecule has 0 N–H and O–H groups in total. The lowest BCUT2D eigenvalue weighted by atomic mass is 10.1. The van der Waals surface area contributed by atoms with E-state index in [2.05, 4.69) is 56.6 Å². The van der Waals surface area contributed by atoms with Crippen LogP contribution in [-0.2, 0) is 16.4 Å². The molecule has 0 bridgehead atoms. The average Bonchev–Trinajstić information content (AvgIpc) is 2.66. The molecule has 1 heterocycles. The molecule has 0 atom stereocenters. The van der Waals surface area contributed by atoms with E-state index in [0.29, 0.717) is 0 Å². The van der Waals surface area contributed by atoms with Crippen molar-refractivity contribution in [3.05, 3.63) is 30.1 Å². The molecule has 0 spiro atoms. The van der Waals surface area contributed by atoms with E-state index in [-0.39, 0.29) is 5.54 Å². The molecule has 19 heavy (non-hydrogen) atoms. The van der Waals surface area contributed by atoms with E-state index >= 15 is 0 Å². The molecule has 1 radical (unpaired) electrons. The van der Waals surface area contributed by atoms with E-state index in [4.69, 9.17) is 9.41 Å². The van der Waals surface area contributed by atoms with Gasteiger partial charge in [0.1, 0.15) is 5.82 Å². The van der Waals surface area contributed by atoms with Gasteiger partial charge in [0.25, 0.3) is 0 Å². The van der Waals surface area contributed by atoms with Crippen LogP contribution in [0.4, 0.5) is 0 Å². The number of rotatable bonds is 4. The van der Waals surface area contributed by atoms with Crippen molar-refractivity contribution in [3.63, 3.8) is 0 Å². The maximum absolute atomic E-state index is 5.76. The van der Waals surface area contributed by atoms with Crippen LogP contribution in [0.1, 0.15) is 26.6 Å². The van der Waals surface area contributed by atoms with E-state index in [1.165, 1.54) is 5.52 Å². The number of imidazole rings is 1. The van der Waals surface area contributed by atoms with Crippen molar-refractivity contribution in [2.75, 3.05) is 6.61 Å². The van der Waals surface area contributed by atoms with Crippen molar-refractivity contribution >= 4 is 20.1 Å². The normalized spacial score (nSPS) is 12.5. The number of benzene rings is 1. The summed E-state index contributed by atoms with van der Waals surface area (Å²) >= 11 is 0. The van der Waals surface area contributed by atoms with Crippen molar-refractivity contribution in [3.8, 4) is 0 Å². The third-order valence-electron chi connectivity index (χ3n) is 3.02. The Labute approximate surface area is 117 Å². The first-order valence-corrected chi connectivity index (χ1v) is 9.20. The highest BCUT2D eigenvalue weighted by atomic mass is 28.3. The molecule has 103 valence electrons. The molecule has 2 aromatic rings. The van der Waals surface area contributed by atoms with Crippen molar-refractivity contribution in [1.29, 1.82) is 0 Å². The fourth-order valence-electron chi connectivity index (χ4n) is 2.34. The average molecular weight is 275 g/mol. The molecule has 0 saturated heterocycles. The fourth-order valence-corrected chi connectivity index (χ4v) is 2.85. The third-order valence-corrected chi connectivity index (χ3v) is 3.80. The zero-order valence-corrected chi connectivity index (χ0v) is 13.5. The van der Waals surface area contributed by atoms with Crippen LogP contribution >= 0.6 is 0 Å². The van der Waals surface area contributed by atoms with E-state index in [0.717, 1.165) is 24.4 Å². The molecule has 0 aliphatic carbocycles. The maximum Gasteiger partial charge on any atom is 0.204 e. The summed E-state index contributed by atoms with van der Waals surface area (Å²) in [4.78, 5) is 4.77. The number of aromatic nitrogens is 2. The minimum atomic E-state index is -0.619. The Bertz CT molecular complexity index is 555. The number of para-hydroxylation sites is 2. The van der Waals surface area contributed by atoms with E-state index in [1.54, 1.807) is 0 Å². The van der Waals surface area contributed by atoms with Gasteiger partial charge in [-0.05, 0) is 46.0 Å². The number of nitrogens with zero attached hydrogens (tertiary/aromatic N) is 2. The lowest BCUT2D eigenvalue weighted by Gasteiger charge is -2.24. The van der Waals surface area contributed by atoms with Crippen LogP contribution < -0.4 is 0 Å². The van der Waals surface area contributed by atoms with Gasteiger partial charge >= 0.3 is 0 Å². The first kappa shape index (κ1) is 14.3. The van der Waals surface area contributed by atoms with Crippen LogP contribution in [-0.4, -0.2) is 25.2 Å². The van der Waals surface area contributed by atoms with Crippen molar-refractivity contribution < 1.29 is 4.43 Å². The van der Waals surface area contributed by atoms with E-state index in [1.807, 2.05) is 6.07 Å². The number of hydrogen-bond acceptors (Lipinski definition) is 2. The van der Waals surface area contributed by atoms with Crippen molar-refractivity contribution in [2.45, 2.75) is 45.8 Å². The Morgan fingerprint density at radius 3 is 2.53 bits per heavy atom. The Balaban J connectivity index is 2.36. The second-order valence-corrected chi connectivity index (χ2v) is 8.13. The second kappa shape index (κ2) is 5.47. The van der Waals surface area contributed by atoms with Crippen LogP contribution in [0.3, 0.4) is 0 Å². The molecule has 0 unspecified atom stereocenters. The van der Waals surface area contributed by atoms with E-state index in [9.17, 15) is 0 Å². The van der Waals surface area contributed by atoms with Gasteiger partial charge in [-0.25, -0.2) is 4.98 Å². The summed E-state index contributed by atoms with van der Waals surface area (Å²) in [5, 5.41) is 0. The third kappa shape index (κ3) is 3.25. The Kier molecular flexibility index (Phi) is 4.11. The van der Waals surface area contributed by atoms with Crippen LogP contribution in [0.5, 0.6) is 0 Å². The predicted molar refractivity (Wildman–Crippen MR) is 81.9 cm³/mol. The minimum absolute atomic E-state index is 0.0393. The molecule has 0 amide bonds. The molecule has 0 aliphatic heterocycles. The Hall–Kier alpha value is -1.13. The largest absolute Gasteiger partial charge is 0.417 e. The van der Waals surface area contributed by atoms with Gasteiger partial charge in [0, 0.05) is 18.6 Å². The molecule has 1 aromatic carbocycles. The van der Waals surface area contributed by atoms with Gasteiger partial charge < -0.3 is 8.99 Å². The fraction of sp³-hybridized carbons (Fsp3) is 0.533. The quantitative estimate of drug-likeness (QED) is 0.797. The number of fused-ring (bicyclic) bond motifs is 1. The first-order valence-electron chi connectivity index (χ1n) is 6.79. The molecule has 0 aliphatic rings. The highest BCUT2D eigenvalue weighted by Gasteiger charge is 2.20. The molecular weight excluding hydrogens is 252 g/mol. The standard InChI is InChI=1S/C15H23N2OSi/c1-15(2,3)17-13-9-7-6-8-12(13)16-14(17)10-11-18-19(4)5/h6-9H,10-11H2,1-5H3. The van der Waals surface area contributed by atoms with Gasteiger partial charge in [-0.3, -0.25) is 0 Å². The van der Waals surface area contributed by atoms with Crippen LogP contribution in [0.2, 0.25) is 13.1 Å². The molecule has 0 fully saturated rings. The number of hydrogen-bond donors (Lipinski definition) is 0. The molecule has 0 saturated carbocycles. The van der Waals surface area contributed by atoms with Gasteiger partial charge in [0.2, 0.25) is 9.04 Å². The molecular formula is C15H23N2OSi. The van der Waals surface area contributed by atoms with Gasteiger partial charge in [0.15, 0.2) is 0 Å². The van der Waals surface area contributed by atoms with Gasteiger partial charge in [-0.15, -0.1) is 0 Å². The smallest absolute Gasteiger partial charge is 0.204 e. The zero-order valence-electron chi connectivity index (χ0n) is 12.5. The summed E-state index contributed by atoms with van der Waals surface area (Å²) in [6.45, 7) is 11.8. The van der Waals surface area contributed by atoms with Crippen LogP contribution in [0, 0.1) is 0 Å². The van der Waals surface area contributed by atoms with Crippen molar-refractivity contribution in [2.24, 2.45) is 0 Å². The summed E-state index contributed by atoms with van der Waals surface area (Å²) in [5.74, 6) is 1.12. The minimum Gasteiger partial charge on any atom is -0.417 e. The summed E-state index contributed by atoms with van der Waals surface area (Å²) in [7, 11) is -0.619. The lowest BCUT2D eigenvalue weighted by Crippen LogP contribution is -2.25. The van der Waals surface area contributed by atoms with Crippen LogP contribution in [0.25, 0.3) is 11.0 Å². The van der Waals surface area contributed by atoms with Gasteiger partial charge in [-0.2, -0.15) is 0 Å². The summed E-state index contributed by atoms with van der Waals surface area (Å²) in [6.07, 6.45) is 0.877. The van der Waals surface area contributed by atoms with Crippen LogP contribution in [0.15, 0.2) is 24.3 Å². The monoisotopic (exact) mass is 275 g/mol. The molecule has 3 nitrogen and oxygen atoms in total. The van der Waals surface area contributed by atoms with Crippen molar-refractivity contribution in [1.82, 2.24) is 9.55 Å². The van der Waals surface area contributed by atoms with E-state index < -0.39 is 9.04 Å². The Morgan fingerprint density at radius 1 is 1.21 bits per heavy atom. The summed E-state index contributed by atoms with van der Waals surface area (Å²) in [6, 6.07) is 8.34. The summed E-state index contributed by atoms with van der Waals surface area (Å²) < 4.78 is 8.09. The summed E-state index contributed by atoms with van der Waals surface area (Å²) in [5.41, 5.74) is 2.33. The highest BCUT2D eigenvalue weighted by molar-refractivity contribution is 6.48. The lowest BCUT2D eigenvalue weighted by molar-refractivity contribution is 0.316. The predicted octanol–water partition coefficient (Wildman–Crippen LogP) is 3.60. The molecule has 4 heteroatoms. The topological polar surface area (TPSA) is 27.1 Å². The highest BCUT2D eigenvalue weighted by Crippen LogP contribution is 2.25. The molecule has 1 aromatic heterocycles. The van der Waals surface area contributed by atoms with Gasteiger partial charge in [-0.1, -0.05) is 12.1 Å².